The van der Waals surface area contributed by atoms with Gasteiger partial charge in [-0.3, -0.25) is 4.79 Å². The Balaban J connectivity index is 2.41. The van der Waals surface area contributed by atoms with Crippen LogP contribution in [-0.4, -0.2) is 23.9 Å². The zero-order valence-corrected chi connectivity index (χ0v) is 8.84. The molecule has 13 heavy (non-hydrogen) atoms. The first kappa shape index (κ1) is 10.3. The summed E-state index contributed by atoms with van der Waals surface area (Å²) >= 11 is 0. The Kier molecular flexibility index (Phi) is 3.52. The lowest BCUT2D eigenvalue weighted by atomic mass is 10.3. The van der Waals surface area contributed by atoms with E-state index in [9.17, 15) is 4.79 Å². The zero-order valence-electron chi connectivity index (χ0n) is 8.84. The molecule has 1 aliphatic carbocycles. The van der Waals surface area contributed by atoms with E-state index in [1.54, 1.807) is 0 Å². The molecule has 2 nitrogen and oxygen atoms in total. The van der Waals surface area contributed by atoms with E-state index in [0.717, 1.165) is 25.9 Å². The van der Waals surface area contributed by atoms with Crippen LogP contribution < -0.4 is 0 Å². The van der Waals surface area contributed by atoms with E-state index in [4.69, 9.17) is 0 Å². The van der Waals surface area contributed by atoms with E-state index < -0.39 is 0 Å². The van der Waals surface area contributed by atoms with Crippen molar-refractivity contribution in [3.8, 4) is 0 Å². The SMILES string of the molecule is CCN(CC=C(C)C)C(=O)C1CC1. The minimum absolute atomic E-state index is 0.347. The van der Waals surface area contributed by atoms with Crippen LogP contribution in [0, 0.1) is 5.92 Å². The van der Waals surface area contributed by atoms with E-state index in [-0.39, 0.29) is 0 Å². The molecule has 1 rings (SSSR count). The topological polar surface area (TPSA) is 20.3 Å². The van der Waals surface area contributed by atoms with E-state index in [1.165, 1.54) is 5.57 Å². The highest BCUT2D eigenvalue weighted by Gasteiger charge is 2.32. The highest BCUT2D eigenvalue weighted by molar-refractivity contribution is 5.81. The third kappa shape index (κ3) is 3.21. The van der Waals surface area contributed by atoms with Gasteiger partial charge in [-0.15, -0.1) is 0 Å². The van der Waals surface area contributed by atoms with Crippen LogP contribution in [0.3, 0.4) is 0 Å². The smallest absolute Gasteiger partial charge is 0.225 e. The molecule has 0 atom stereocenters. The van der Waals surface area contributed by atoms with Crippen molar-refractivity contribution < 1.29 is 4.79 Å². The van der Waals surface area contributed by atoms with Gasteiger partial charge >= 0.3 is 0 Å². The van der Waals surface area contributed by atoms with Gasteiger partial charge in [0.25, 0.3) is 0 Å². The first-order chi connectivity index (χ1) is 6.15. The van der Waals surface area contributed by atoms with E-state index >= 15 is 0 Å². The number of carbonyl (C=O) groups excluding carboxylic acids is 1. The second-order valence-electron chi connectivity index (χ2n) is 3.93. The largest absolute Gasteiger partial charge is 0.339 e. The Hall–Kier alpha value is -0.790. The van der Waals surface area contributed by atoms with Crippen LogP contribution in [0.1, 0.15) is 33.6 Å². The first-order valence-electron chi connectivity index (χ1n) is 5.07. The number of hydrogen-bond acceptors (Lipinski definition) is 1. The summed E-state index contributed by atoms with van der Waals surface area (Å²) in [5.41, 5.74) is 1.28. The molecule has 0 aromatic rings. The quantitative estimate of drug-likeness (QED) is 0.609. The first-order valence-corrected chi connectivity index (χ1v) is 5.07. The van der Waals surface area contributed by atoms with Crippen LogP contribution in [0.5, 0.6) is 0 Å². The van der Waals surface area contributed by atoms with Gasteiger partial charge in [0.15, 0.2) is 0 Å². The minimum Gasteiger partial charge on any atom is -0.339 e. The van der Waals surface area contributed by atoms with Crippen molar-refractivity contribution in [3.05, 3.63) is 11.6 Å². The molecule has 0 bridgehead atoms. The van der Waals surface area contributed by atoms with E-state index in [1.807, 2.05) is 11.8 Å². The van der Waals surface area contributed by atoms with Crippen molar-refractivity contribution in [1.82, 2.24) is 4.90 Å². The maximum Gasteiger partial charge on any atom is 0.225 e. The normalized spacial score (nSPS) is 15.3. The summed E-state index contributed by atoms with van der Waals surface area (Å²) in [7, 11) is 0. The van der Waals surface area contributed by atoms with Crippen LogP contribution in [0.2, 0.25) is 0 Å². The molecule has 0 spiro atoms. The molecule has 0 N–H and O–H groups in total. The molecule has 0 aliphatic heterocycles. The van der Waals surface area contributed by atoms with Crippen molar-refractivity contribution in [1.29, 1.82) is 0 Å². The van der Waals surface area contributed by atoms with Gasteiger partial charge in [-0.05, 0) is 33.6 Å². The summed E-state index contributed by atoms with van der Waals surface area (Å²) < 4.78 is 0. The van der Waals surface area contributed by atoms with Gasteiger partial charge in [-0.25, -0.2) is 0 Å². The maximum atomic E-state index is 11.6. The molecule has 1 fully saturated rings. The van der Waals surface area contributed by atoms with Crippen molar-refractivity contribution in [2.75, 3.05) is 13.1 Å². The fourth-order valence-electron chi connectivity index (χ4n) is 1.26. The van der Waals surface area contributed by atoms with Gasteiger partial charge in [0.05, 0.1) is 0 Å². The van der Waals surface area contributed by atoms with Crippen molar-refractivity contribution in [3.63, 3.8) is 0 Å². The molecule has 1 amide bonds. The highest BCUT2D eigenvalue weighted by Crippen LogP contribution is 2.30. The van der Waals surface area contributed by atoms with E-state index in [0.29, 0.717) is 11.8 Å². The number of hydrogen-bond donors (Lipinski definition) is 0. The summed E-state index contributed by atoms with van der Waals surface area (Å²) in [6.07, 6.45) is 4.32. The summed E-state index contributed by atoms with van der Waals surface area (Å²) in [5.74, 6) is 0.700. The van der Waals surface area contributed by atoms with Crippen molar-refractivity contribution >= 4 is 5.91 Å². The number of carbonyl (C=O) groups is 1. The van der Waals surface area contributed by atoms with Crippen molar-refractivity contribution in [2.45, 2.75) is 33.6 Å². The summed E-state index contributed by atoms with van der Waals surface area (Å²) in [6.45, 7) is 7.79. The molecule has 0 unspecified atom stereocenters. The molecule has 1 aliphatic rings. The predicted molar refractivity (Wildman–Crippen MR) is 54.4 cm³/mol. The Morgan fingerprint density at radius 2 is 2.08 bits per heavy atom. The molecule has 0 heterocycles. The Bertz CT molecular complexity index is 212. The zero-order chi connectivity index (χ0) is 9.84. The molecule has 1 saturated carbocycles. The van der Waals surface area contributed by atoms with Crippen LogP contribution in [-0.2, 0) is 4.79 Å². The molecule has 74 valence electrons. The average molecular weight is 181 g/mol. The summed E-state index contributed by atoms with van der Waals surface area (Å²) in [4.78, 5) is 13.6. The molecule has 0 saturated heterocycles. The minimum atomic E-state index is 0.347. The monoisotopic (exact) mass is 181 g/mol. The van der Waals surface area contributed by atoms with Gasteiger partial charge in [-0.2, -0.15) is 0 Å². The standard InChI is InChI=1S/C11H19NO/c1-4-12(8-7-9(2)3)11(13)10-5-6-10/h7,10H,4-6,8H2,1-3H3. The second-order valence-corrected chi connectivity index (χ2v) is 3.93. The molecule has 0 aromatic heterocycles. The van der Waals surface area contributed by atoms with Crippen LogP contribution in [0.15, 0.2) is 11.6 Å². The molecule has 0 radical (unpaired) electrons. The molecular weight excluding hydrogens is 162 g/mol. The number of likely N-dealkylation sites (N-methyl/N-ethyl adjacent to an activating group) is 1. The van der Waals surface area contributed by atoms with Crippen LogP contribution in [0.25, 0.3) is 0 Å². The maximum absolute atomic E-state index is 11.6. The van der Waals surface area contributed by atoms with E-state index in [2.05, 4.69) is 19.9 Å². The van der Waals surface area contributed by atoms with Gasteiger partial charge in [0, 0.05) is 19.0 Å². The Morgan fingerprint density at radius 1 is 1.46 bits per heavy atom. The van der Waals surface area contributed by atoms with Gasteiger partial charge < -0.3 is 4.90 Å². The number of rotatable bonds is 4. The van der Waals surface area contributed by atoms with Crippen LogP contribution >= 0.6 is 0 Å². The summed E-state index contributed by atoms with van der Waals surface area (Å²) in [6, 6.07) is 0. The fraction of sp³-hybridized carbons (Fsp3) is 0.727. The average Bonchev–Trinajstić information content (AvgIpc) is 2.86. The Labute approximate surface area is 80.6 Å². The number of nitrogens with zero attached hydrogens (tertiary/aromatic N) is 1. The third-order valence-electron chi connectivity index (χ3n) is 2.34. The van der Waals surface area contributed by atoms with Crippen LogP contribution in [0.4, 0.5) is 0 Å². The number of allylic oxidation sites excluding steroid dienone is 1. The lowest BCUT2D eigenvalue weighted by Crippen LogP contribution is -2.32. The van der Waals surface area contributed by atoms with Gasteiger partial charge in [0.1, 0.15) is 0 Å². The molecule has 0 aromatic carbocycles. The third-order valence-corrected chi connectivity index (χ3v) is 2.34. The Morgan fingerprint density at radius 3 is 2.46 bits per heavy atom. The lowest BCUT2D eigenvalue weighted by Gasteiger charge is -2.18. The number of amides is 1. The second kappa shape index (κ2) is 4.45. The predicted octanol–water partition coefficient (Wildman–Crippen LogP) is 2.21. The highest BCUT2D eigenvalue weighted by atomic mass is 16.2. The summed E-state index contributed by atoms with van der Waals surface area (Å²) in [5, 5.41) is 0. The lowest BCUT2D eigenvalue weighted by molar-refractivity contribution is -0.131. The molecule has 2 heteroatoms. The fourth-order valence-corrected chi connectivity index (χ4v) is 1.26. The molecular formula is C11H19NO. The van der Waals surface area contributed by atoms with Gasteiger partial charge in [0.2, 0.25) is 5.91 Å². The van der Waals surface area contributed by atoms with Gasteiger partial charge in [-0.1, -0.05) is 11.6 Å². The van der Waals surface area contributed by atoms with Crippen molar-refractivity contribution in [2.24, 2.45) is 5.92 Å².